The van der Waals surface area contributed by atoms with E-state index in [0.29, 0.717) is 15.9 Å². The van der Waals surface area contributed by atoms with Crippen molar-refractivity contribution in [3.63, 3.8) is 0 Å². The van der Waals surface area contributed by atoms with Crippen molar-refractivity contribution in [2.24, 2.45) is 0 Å². The van der Waals surface area contributed by atoms with Crippen molar-refractivity contribution in [2.45, 2.75) is 6.54 Å². The molecule has 0 unspecified atom stereocenters. The molecule has 116 valence electrons. The van der Waals surface area contributed by atoms with Crippen LogP contribution in [0, 0.1) is 4.77 Å². The summed E-state index contributed by atoms with van der Waals surface area (Å²) in [5.74, 6) is -1.24. The average molecular weight is 346 g/mol. The molecule has 23 heavy (non-hydrogen) atoms. The van der Waals surface area contributed by atoms with Crippen LogP contribution in [0.5, 0.6) is 0 Å². The van der Waals surface area contributed by atoms with E-state index in [1.807, 2.05) is 0 Å². The highest BCUT2D eigenvalue weighted by Crippen LogP contribution is 2.15. The highest BCUT2D eigenvalue weighted by molar-refractivity contribution is 7.71. The van der Waals surface area contributed by atoms with Crippen LogP contribution in [0.15, 0.2) is 47.3 Å². The third-order valence-electron chi connectivity index (χ3n) is 3.47. The van der Waals surface area contributed by atoms with Crippen molar-refractivity contribution in [3.05, 3.63) is 73.7 Å². The monoisotopic (exact) mass is 345 g/mol. The van der Waals surface area contributed by atoms with Crippen molar-refractivity contribution >= 4 is 40.7 Å². The third-order valence-corrected chi connectivity index (χ3v) is 4.03. The number of carbonyl (C=O) groups is 1. The lowest BCUT2D eigenvalue weighted by Gasteiger charge is -2.09. The standard InChI is InChI=1S/C16H11ClN2O3S/c17-11-5-6-12-13(7-11)18-16(23)19(14(12)20)8-9-1-3-10(4-2-9)15(21)22/h1-7H,8H2,(H,18,23)(H,21,22)/p-1. The average Bonchev–Trinajstić information content (AvgIpc) is 2.51. The molecule has 0 aliphatic rings. The molecule has 3 aromatic rings. The van der Waals surface area contributed by atoms with Gasteiger partial charge in [-0.25, -0.2) is 0 Å². The van der Waals surface area contributed by atoms with Crippen molar-refractivity contribution < 1.29 is 9.90 Å². The number of carbonyl (C=O) groups excluding carboxylic acids is 1. The van der Waals surface area contributed by atoms with E-state index in [4.69, 9.17) is 23.8 Å². The van der Waals surface area contributed by atoms with Gasteiger partial charge in [0.05, 0.1) is 23.4 Å². The van der Waals surface area contributed by atoms with Crippen LogP contribution >= 0.6 is 23.8 Å². The summed E-state index contributed by atoms with van der Waals surface area (Å²) in [6, 6.07) is 11.0. The Morgan fingerprint density at radius 1 is 1.22 bits per heavy atom. The predicted molar refractivity (Wildman–Crippen MR) is 88.3 cm³/mol. The summed E-state index contributed by atoms with van der Waals surface area (Å²) in [6.07, 6.45) is 0. The molecular weight excluding hydrogens is 336 g/mol. The van der Waals surface area contributed by atoms with Gasteiger partial charge >= 0.3 is 0 Å². The van der Waals surface area contributed by atoms with Crippen LogP contribution in [-0.2, 0) is 6.54 Å². The summed E-state index contributed by atoms with van der Waals surface area (Å²) >= 11 is 11.2. The van der Waals surface area contributed by atoms with Crippen LogP contribution in [0.3, 0.4) is 0 Å². The van der Waals surface area contributed by atoms with Gasteiger partial charge < -0.3 is 14.9 Å². The zero-order chi connectivity index (χ0) is 16.6. The van der Waals surface area contributed by atoms with Gasteiger partial charge in [-0.3, -0.25) is 9.36 Å². The molecule has 0 atom stereocenters. The predicted octanol–water partition coefficient (Wildman–Crippen LogP) is 2.12. The zero-order valence-electron chi connectivity index (χ0n) is 11.7. The van der Waals surface area contributed by atoms with Crippen molar-refractivity contribution in [1.29, 1.82) is 0 Å². The number of H-pyrrole nitrogens is 1. The summed E-state index contributed by atoms with van der Waals surface area (Å²) < 4.78 is 1.69. The van der Waals surface area contributed by atoms with Gasteiger partial charge in [-0.1, -0.05) is 35.9 Å². The van der Waals surface area contributed by atoms with Crippen LogP contribution in [0.25, 0.3) is 10.9 Å². The second kappa shape index (κ2) is 5.98. The minimum atomic E-state index is -1.24. The molecule has 3 rings (SSSR count). The van der Waals surface area contributed by atoms with Gasteiger partial charge in [0.25, 0.3) is 5.56 Å². The van der Waals surface area contributed by atoms with E-state index in [2.05, 4.69) is 4.98 Å². The lowest BCUT2D eigenvalue weighted by Crippen LogP contribution is -2.23. The first kappa shape index (κ1) is 15.5. The first-order valence-electron chi connectivity index (χ1n) is 6.68. The highest BCUT2D eigenvalue weighted by Gasteiger charge is 2.07. The SMILES string of the molecule is O=C([O-])c1ccc(Cn2c(=S)[nH]c3cc(Cl)ccc3c2=O)cc1. The molecule has 1 N–H and O–H groups in total. The van der Waals surface area contributed by atoms with Crippen molar-refractivity contribution in [2.75, 3.05) is 0 Å². The van der Waals surface area contributed by atoms with Crippen molar-refractivity contribution in [1.82, 2.24) is 9.55 Å². The Labute approximate surface area is 140 Å². The number of rotatable bonds is 3. The number of aromatic carboxylic acids is 1. The molecule has 0 amide bonds. The molecule has 1 heterocycles. The molecule has 7 heteroatoms. The topological polar surface area (TPSA) is 77.9 Å². The number of hydrogen-bond donors (Lipinski definition) is 1. The number of aromatic nitrogens is 2. The Morgan fingerprint density at radius 2 is 1.91 bits per heavy atom. The number of nitrogens with zero attached hydrogens (tertiary/aromatic N) is 1. The van der Waals surface area contributed by atoms with Crippen LogP contribution < -0.4 is 10.7 Å². The highest BCUT2D eigenvalue weighted by atomic mass is 35.5. The molecule has 1 aromatic heterocycles. The molecular formula is C16H10ClN2O3S-. The van der Waals surface area contributed by atoms with Gasteiger partial charge in [0.15, 0.2) is 4.77 Å². The first-order valence-corrected chi connectivity index (χ1v) is 7.47. The number of hydrogen-bond acceptors (Lipinski definition) is 4. The molecule has 0 radical (unpaired) electrons. The van der Waals surface area contributed by atoms with E-state index in [-0.39, 0.29) is 22.4 Å². The van der Waals surface area contributed by atoms with Gasteiger partial charge in [-0.05, 0) is 41.5 Å². The Balaban J connectivity index is 2.06. The Hall–Kier alpha value is -2.44. The summed E-state index contributed by atoms with van der Waals surface area (Å²) in [7, 11) is 0. The summed E-state index contributed by atoms with van der Waals surface area (Å²) in [5, 5.41) is 11.7. The molecule has 0 aliphatic carbocycles. The van der Waals surface area contributed by atoms with E-state index in [1.165, 1.54) is 16.7 Å². The number of benzene rings is 2. The normalized spacial score (nSPS) is 10.8. The largest absolute Gasteiger partial charge is 0.545 e. The first-order chi connectivity index (χ1) is 11.0. The van der Waals surface area contributed by atoms with E-state index in [1.54, 1.807) is 30.3 Å². The number of fused-ring (bicyclic) bond motifs is 1. The maximum absolute atomic E-state index is 12.6. The number of aromatic amines is 1. The fourth-order valence-corrected chi connectivity index (χ4v) is 2.73. The molecule has 2 aromatic carbocycles. The summed E-state index contributed by atoms with van der Waals surface area (Å²) in [5.41, 5.74) is 1.18. The molecule has 0 spiro atoms. The van der Waals surface area contributed by atoms with Crippen LogP contribution in [0.1, 0.15) is 15.9 Å². The number of carboxylic acids is 1. The smallest absolute Gasteiger partial charge is 0.262 e. The fraction of sp³-hybridized carbons (Fsp3) is 0.0625. The maximum Gasteiger partial charge on any atom is 0.262 e. The Kier molecular flexibility index (Phi) is 4.02. The van der Waals surface area contributed by atoms with Gasteiger partial charge in [0, 0.05) is 5.02 Å². The van der Waals surface area contributed by atoms with E-state index in [0.717, 1.165) is 5.56 Å². The second-order valence-corrected chi connectivity index (χ2v) is 5.82. The fourth-order valence-electron chi connectivity index (χ4n) is 2.30. The van der Waals surface area contributed by atoms with E-state index < -0.39 is 5.97 Å². The molecule has 0 saturated carbocycles. The Morgan fingerprint density at radius 3 is 2.57 bits per heavy atom. The maximum atomic E-state index is 12.6. The Bertz CT molecular complexity index is 1020. The summed E-state index contributed by atoms with van der Waals surface area (Å²) in [6.45, 7) is 0.236. The minimum absolute atomic E-state index is 0.0828. The van der Waals surface area contributed by atoms with Gasteiger partial charge in [-0.2, -0.15) is 0 Å². The minimum Gasteiger partial charge on any atom is -0.545 e. The molecule has 0 aliphatic heterocycles. The van der Waals surface area contributed by atoms with E-state index >= 15 is 0 Å². The molecule has 0 saturated heterocycles. The number of carboxylic acid groups (broad SMARTS) is 1. The van der Waals surface area contributed by atoms with Crippen molar-refractivity contribution in [3.8, 4) is 0 Å². The quantitative estimate of drug-likeness (QED) is 0.738. The van der Waals surface area contributed by atoms with Gasteiger partial charge in [-0.15, -0.1) is 0 Å². The lowest BCUT2D eigenvalue weighted by molar-refractivity contribution is -0.255. The van der Waals surface area contributed by atoms with Gasteiger partial charge in [0.1, 0.15) is 0 Å². The molecule has 0 fully saturated rings. The number of halogens is 1. The van der Waals surface area contributed by atoms with Crippen LogP contribution in [0.4, 0.5) is 0 Å². The lowest BCUT2D eigenvalue weighted by atomic mass is 10.1. The molecule has 0 bridgehead atoms. The van der Waals surface area contributed by atoms with Crippen LogP contribution in [-0.4, -0.2) is 15.5 Å². The third kappa shape index (κ3) is 3.04. The van der Waals surface area contributed by atoms with E-state index in [9.17, 15) is 14.7 Å². The van der Waals surface area contributed by atoms with Crippen LogP contribution in [0.2, 0.25) is 5.02 Å². The zero-order valence-corrected chi connectivity index (χ0v) is 13.3. The summed E-state index contributed by atoms with van der Waals surface area (Å²) in [4.78, 5) is 26.3. The van der Waals surface area contributed by atoms with Gasteiger partial charge in [0.2, 0.25) is 0 Å². The molecule has 5 nitrogen and oxygen atoms in total. The number of nitrogens with one attached hydrogen (secondary N) is 1. The second-order valence-electron chi connectivity index (χ2n) is 5.00.